The second kappa shape index (κ2) is 10.9. The van der Waals surface area contributed by atoms with Crippen molar-refractivity contribution >= 4 is 0 Å². The van der Waals surface area contributed by atoms with Gasteiger partial charge in [-0.15, -0.1) is 0 Å². The summed E-state index contributed by atoms with van der Waals surface area (Å²) in [5.41, 5.74) is -0.995. The van der Waals surface area contributed by atoms with Crippen molar-refractivity contribution in [2.45, 2.75) is 77.8 Å². The van der Waals surface area contributed by atoms with Gasteiger partial charge < -0.3 is 0 Å². The molecule has 0 aromatic heterocycles. The first-order valence-electron chi connectivity index (χ1n) is 10.9. The minimum Gasteiger partial charge on any atom is -0.233 e. The minimum atomic E-state index is -0.937. The Hall–Kier alpha value is -1.80. The lowest BCUT2D eigenvalue weighted by Gasteiger charge is -2.35. The van der Waals surface area contributed by atoms with Gasteiger partial charge in [-0.25, -0.2) is 29.3 Å². The summed E-state index contributed by atoms with van der Waals surface area (Å²) in [5.74, 6) is 0. The van der Waals surface area contributed by atoms with E-state index >= 15 is 0 Å². The lowest BCUT2D eigenvalue weighted by molar-refractivity contribution is -0.464. The molecule has 0 heterocycles. The van der Waals surface area contributed by atoms with E-state index in [9.17, 15) is 0 Å². The molecule has 2 atom stereocenters. The van der Waals surface area contributed by atoms with Crippen LogP contribution in [0.4, 0.5) is 0 Å². The summed E-state index contributed by atoms with van der Waals surface area (Å²) in [7, 11) is 0. The zero-order chi connectivity index (χ0) is 23.9. The molecular weight excluding hydrogens is 408 g/mol. The van der Waals surface area contributed by atoms with Crippen LogP contribution in [0.1, 0.15) is 66.5 Å². The molecule has 0 saturated carbocycles. The molecule has 0 saturated heterocycles. The van der Waals surface area contributed by atoms with Gasteiger partial charge in [-0.05, 0) is 66.5 Å². The Balaban J connectivity index is 2.22. The zero-order valence-corrected chi connectivity index (χ0v) is 20.6. The van der Waals surface area contributed by atoms with Crippen LogP contribution in [0.2, 0.25) is 0 Å². The van der Waals surface area contributed by atoms with Gasteiger partial charge in [0.1, 0.15) is 13.2 Å². The topological polar surface area (TPSA) is 55.4 Å². The summed E-state index contributed by atoms with van der Waals surface area (Å²) < 4.78 is 0. The largest absolute Gasteiger partial charge is 0.233 e. The van der Waals surface area contributed by atoms with Crippen molar-refractivity contribution in [1.29, 1.82) is 0 Å². The van der Waals surface area contributed by atoms with E-state index < -0.39 is 22.4 Å². The Bertz CT molecular complexity index is 727. The van der Waals surface area contributed by atoms with Crippen LogP contribution < -0.4 is 0 Å². The Morgan fingerprint density at radius 2 is 0.781 bits per heavy atom. The van der Waals surface area contributed by atoms with Gasteiger partial charge in [0, 0.05) is 0 Å². The lowest BCUT2D eigenvalue weighted by atomic mass is 9.96. The van der Waals surface area contributed by atoms with Crippen molar-refractivity contribution < 1.29 is 29.3 Å². The third kappa shape index (κ3) is 8.62. The molecule has 0 aliphatic heterocycles. The monoisotopic (exact) mass is 446 g/mol. The highest BCUT2D eigenvalue weighted by molar-refractivity contribution is 5.23. The second-order valence-corrected chi connectivity index (χ2v) is 10.3. The van der Waals surface area contributed by atoms with E-state index in [2.05, 4.69) is 0 Å². The van der Waals surface area contributed by atoms with Crippen molar-refractivity contribution in [1.82, 2.24) is 0 Å². The number of hydrogen-bond donors (Lipinski definition) is 0. The molecule has 32 heavy (non-hydrogen) atoms. The zero-order valence-electron chi connectivity index (χ0n) is 20.6. The van der Waals surface area contributed by atoms with Gasteiger partial charge in [-0.1, -0.05) is 60.7 Å². The molecule has 0 aliphatic rings. The lowest BCUT2D eigenvalue weighted by Crippen LogP contribution is -2.40. The molecule has 0 fully saturated rings. The van der Waals surface area contributed by atoms with Crippen LogP contribution in [0.25, 0.3) is 0 Å². The van der Waals surface area contributed by atoms with Crippen molar-refractivity contribution in [3.05, 3.63) is 71.8 Å². The van der Waals surface area contributed by atoms with Crippen LogP contribution in [0.3, 0.4) is 0 Å². The maximum absolute atomic E-state index is 6.09. The molecule has 2 aromatic rings. The minimum absolute atomic E-state index is 0.124. The summed E-state index contributed by atoms with van der Waals surface area (Å²) >= 11 is 0. The van der Waals surface area contributed by atoms with Crippen LogP contribution >= 0.6 is 0 Å². The van der Waals surface area contributed by atoms with Crippen LogP contribution in [-0.2, 0) is 40.5 Å². The van der Waals surface area contributed by atoms with Crippen LogP contribution in [-0.4, -0.2) is 24.4 Å². The maximum Gasteiger partial charge on any atom is 0.152 e. The number of hydrogen-bond acceptors (Lipinski definition) is 6. The SMILES string of the molecule is CC(C)(C)OOCC(C)(OOC(C)(COOC(C)(C)C)c1ccccc1)c1ccccc1. The fourth-order valence-corrected chi connectivity index (χ4v) is 2.71. The molecular formula is C26H38O6. The summed E-state index contributed by atoms with van der Waals surface area (Å²) in [6, 6.07) is 19.5. The molecule has 0 aliphatic carbocycles. The number of rotatable bonds is 11. The number of benzene rings is 2. The normalized spacial score (nSPS) is 16.4. The smallest absolute Gasteiger partial charge is 0.152 e. The van der Waals surface area contributed by atoms with E-state index in [-0.39, 0.29) is 13.2 Å². The van der Waals surface area contributed by atoms with Gasteiger partial charge in [-0.3, -0.25) is 0 Å². The Morgan fingerprint density at radius 1 is 0.469 bits per heavy atom. The standard InChI is InChI=1S/C26H38O6/c1-23(2,3)29-27-19-25(7,21-15-11-9-12-16-21)31-32-26(8,20-28-30-24(4,5)6)22-17-13-10-14-18-22/h9-18H,19-20H2,1-8H3. The van der Waals surface area contributed by atoms with Gasteiger partial charge in [0.15, 0.2) is 11.2 Å². The fraction of sp³-hybridized carbons (Fsp3) is 0.538. The van der Waals surface area contributed by atoms with Gasteiger partial charge in [0.25, 0.3) is 0 Å². The van der Waals surface area contributed by atoms with E-state index in [1.165, 1.54) is 0 Å². The summed E-state index contributed by atoms with van der Waals surface area (Å²) in [6.07, 6.45) is 0. The van der Waals surface area contributed by atoms with E-state index in [4.69, 9.17) is 29.3 Å². The highest BCUT2D eigenvalue weighted by Gasteiger charge is 2.38. The van der Waals surface area contributed by atoms with Crippen molar-refractivity contribution in [2.24, 2.45) is 0 Å². The first-order valence-corrected chi connectivity index (χ1v) is 10.9. The molecule has 6 heteroatoms. The van der Waals surface area contributed by atoms with Crippen LogP contribution in [0.5, 0.6) is 0 Å². The molecule has 0 bridgehead atoms. The Morgan fingerprint density at radius 3 is 1.06 bits per heavy atom. The second-order valence-electron chi connectivity index (χ2n) is 10.3. The van der Waals surface area contributed by atoms with Crippen molar-refractivity contribution in [3.8, 4) is 0 Å². The van der Waals surface area contributed by atoms with Gasteiger partial charge in [-0.2, -0.15) is 0 Å². The Kier molecular flexibility index (Phi) is 8.99. The molecule has 0 radical (unpaired) electrons. The average molecular weight is 447 g/mol. The summed E-state index contributed by atoms with van der Waals surface area (Å²) in [6.45, 7) is 15.6. The molecule has 2 rings (SSSR count). The summed E-state index contributed by atoms with van der Waals surface area (Å²) in [4.78, 5) is 34.3. The van der Waals surface area contributed by atoms with Crippen molar-refractivity contribution in [3.63, 3.8) is 0 Å². The predicted molar refractivity (Wildman–Crippen MR) is 123 cm³/mol. The predicted octanol–water partition coefficient (Wildman–Crippen LogP) is 6.26. The molecule has 0 N–H and O–H groups in total. The van der Waals surface area contributed by atoms with Crippen LogP contribution in [0.15, 0.2) is 60.7 Å². The van der Waals surface area contributed by atoms with Gasteiger partial charge in [0.2, 0.25) is 0 Å². The summed E-state index contributed by atoms with van der Waals surface area (Å²) in [5, 5.41) is 0. The van der Waals surface area contributed by atoms with Crippen LogP contribution in [0, 0.1) is 0 Å². The maximum atomic E-state index is 6.09. The molecule has 0 amide bonds. The van der Waals surface area contributed by atoms with E-state index in [1.807, 2.05) is 116 Å². The molecule has 178 valence electrons. The molecule has 6 nitrogen and oxygen atoms in total. The van der Waals surface area contributed by atoms with Crippen molar-refractivity contribution in [2.75, 3.05) is 13.2 Å². The first-order chi connectivity index (χ1) is 14.8. The third-order valence-electron chi connectivity index (χ3n) is 4.46. The highest BCUT2D eigenvalue weighted by atomic mass is 17.2. The molecule has 0 spiro atoms. The quantitative estimate of drug-likeness (QED) is 0.300. The highest BCUT2D eigenvalue weighted by Crippen LogP contribution is 2.33. The molecule has 2 aromatic carbocycles. The third-order valence-corrected chi connectivity index (χ3v) is 4.46. The van der Waals surface area contributed by atoms with E-state index in [0.29, 0.717) is 0 Å². The van der Waals surface area contributed by atoms with Gasteiger partial charge >= 0.3 is 0 Å². The fourth-order valence-electron chi connectivity index (χ4n) is 2.71. The first kappa shape index (κ1) is 26.5. The molecule has 2 unspecified atom stereocenters. The van der Waals surface area contributed by atoms with E-state index in [0.717, 1.165) is 11.1 Å². The average Bonchev–Trinajstić information content (AvgIpc) is 2.72. The Labute approximate surface area is 192 Å². The van der Waals surface area contributed by atoms with Gasteiger partial charge in [0.05, 0.1) is 11.2 Å². The van der Waals surface area contributed by atoms with E-state index in [1.54, 1.807) is 0 Å².